The van der Waals surface area contributed by atoms with Crippen molar-refractivity contribution in [2.24, 2.45) is 17.2 Å². The number of carboxylic acid groups (broad SMARTS) is 3. The molecule has 0 amide bonds. The molecule has 0 bridgehead atoms. The molecule has 0 saturated heterocycles. The number of nitrogens with two attached hydrogens (primary N) is 3. The Morgan fingerprint density at radius 2 is 1.18 bits per heavy atom. The van der Waals surface area contributed by atoms with E-state index >= 15 is 0 Å². The Bertz CT molecular complexity index is 1210. The van der Waals surface area contributed by atoms with E-state index in [-0.39, 0.29) is 25.2 Å². The van der Waals surface area contributed by atoms with E-state index in [1.807, 2.05) is 30.5 Å². The molecule has 206 valence electrons. The minimum absolute atomic E-state index is 0. The van der Waals surface area contributed by atoms with Gasteiger partial charge in [-0.05, 0) is 11.6 Å². The van der Waals surface area contributed by atoms with Gasteiger partial charge < -0.3 is 47.5 Å². The number of nitrogens with zero attached hydrogens (tertiary/aromatic N) is 2. The summed E-state index contributed by atoms with van der Waals surface area (Å²) in [6.07, 6.45) is 8.92. The number of aliphatic carboxylic acids is 3. The number of aromatic amines is 3. The van der Waals surface area contributed by atoms with Gasteiger partial charge in [-0.3, -0.25) is 14.4 Å². The third kappa shape index (κ3) is 10.4. The summed E-state index contributed by atoms with van der Waals surface area (Å²) < 4.78 is 0. The van der Waals surface area contributed by atoms with Crippen LogP contribution in [0.15, 0.2) is 55.5 Å². The van der Waals surface area contributed by atoms with Gasteiger partial charge in [-0.1, -0.05) is 18.2 Å². The van der Waals surface area contributed by atoms with Crippen molar-refractivity contribution >= 4 is 41.2 Å². The zero-order valence-corrected chi connectivity index (χ0v) is 21.0. The number of hydrogen-bond acceptors (Lipinski definition) is 8. The van der Waals surface area contributed by atoms with Crippen LogP contribution in [0.25, 0.3) is 10.9 Å². The summed E-state index contributed by atoms with van der Waals surface area (Å²) >= 11 is 0. The number of fused-ring (bicyclic) bond motifs is 1. The Labute approximate surface area is 223 Å². The zero-order valence-electron chi connectivity index (χ0n) is 20.2. The zero-order chi connectivity index (χ0) is 27.4. The molecule has 0 spiro atoms. The summed E-state index contributed by atoms with van der Waals surface area (Å²) in [5.41, 5.74) is 19.3. The van der Waals surface area contributed by atoms with Gasteiger partial charge >= 0.3 is 17.9 Å². The van der Waals surface area contributed by atoms with Crippen molar-refractivity contribution in [3.05, 3.63) is 72.5 Å². The molecular formula is C23H31ClN8O6. The first-order chi connectivity index (χ1) is 17.6. The lowest BCUT2D eigenvalue weighted by atomic mass is 10.1. The van der Waals surface area contributed by atoms with E-state index in [2.05, 4.69) is 24.9 Å². The average molecular weight is 551 g/mol. The maximum Gasteiger partial charge on any atom is 0.320 e. The van der Waals surface area contributed by atoms with Gasteiger partial charge in [0.1, 0.15) is 18.1 Å². The summed E-state index contributed by atoms with van der Waals surface area (Å²) in [6.45, 7) is 0. The highest BCUT2D eigenvalue weighted by Gasteiger charge is 2.15. The third-order valence-electron chi connectivity index (χ3n) is 5.03. The SMILES string of the molecule is Cl.N[C@@H](Cc1c[nH]c2ccccc12)C(=O)O.N[C@@H](Cc1c[nH]cn1)C(=O)O.N[C@@H](Cc1c[nH]cn1)C(=O)O. The topological polar surface area (TPSA) is 263 Å². The Morgan fingerprint density at radius 3 is 1.61 bits per heavy atom. The van der Waals surface area contributed by atoms with Crippen molar-refractivity contribution in [1.29, 1.82) is 0 Å². The van der Waals surface area contributed by atoms with Crippen LogP contribution in [0.5, 0.6) is 0 Å². The molecule has 3 heterocycles. The lowest BCUT2D eigenvalue weighted by Gasteiger charge is -2.04. The lowest BCUT2D eigenvalue weighted by Crippen LogP contribution is -2.32. The number of aromatic nitrogens is 5. The highest BCUT2D eigenvalue weighted by Crippen LogP contribution is 2.18. The van der Waals surface area contributed by atoms with E-state index in [4.69, 9.17) is 32.5 Å². The van der Waals surface area contributed by atoms with E-state index in [0.29, 0.717) is 17.8 Å². The predicted molar refractivity (Wildman–Crippen MR) is 141 cm³/mol. The van der Waals surface area contributed by atoms with E-state index in [0.717, 1.165) is 16.5 Å². The van der Waals surface area contributed by atoms with Crippen molar-refractivity contribution < 1.29 is 29.7 Å². The van der Waals surface area contributed by atoms with Gasteiger partial charge in [-0.15, -0.1) is 12.4 Å². The van der Waals surface area contributed by atoms with Crippen molar-refractivity contribution in [2.45, 2.75) is 37.4 Å². The molecule has 0 fully saturated rings. The number of rotatable bonds is 9. The van der Waals surface area contributed by atoms with Gasteiger partial charge in [0.15, 0.2) is 0 Å². The number of para-hydroxylation sites is 1. The Morgan fingerprint density at radius 1 is 0.737 bits per heavy atom. The van der Waals surface area contributed by atoms with Crippen LogP contribution in [0.4, 0.5) is 0 Å². The second-order valence-electron chi connectivity index (χ2n) is 7.93. The van der Waals surface area contributed by atoms with E-state index in [9.17, 15) is 14.4 Å². The number of benzene rings is 1. The second kappa shape index (κ2) is 15.8. The number of nitrogens with one attached hydrogen (secondary N) is 3. The van der Waals surface area contributed by atoms with Crippen molar-refractivity contribution in [2.75, 3.05) is 0 Å². The highest BCUT2D eigenvalue weighted by atomic mass is 35.5. The molecule has 0 aliphatic carbocycles. The summed E-state index contributed by atoms with van der Waals surface area (Å²) in [7, 11) is 0. The smallest absolute Gasteiger partial charge is 0.320 e. The quantitative estimate of drug-likeness (QED) is 0.136. The molecule has 15 heteroatoms. The van der Waals surface area contributed by atoms with Gasteiger partial charge in [0.2, 0.25) is 0 Å². The van der Waals surface area contributed by atoms with Crippen molar-refractivity contribution in [1.82, 2.24) is 24.9 Å². The number of carboxylic acids is 3. The Kier molecular flexibility index (Phi) is 13.2. The van der Waals surface area contributed by atoms with Gasteiger partial charge in [0, 0.05) is 48.8 Å². The van der Waals surface area contributed by atoms with Crippen LogP contribution in [-0.2, 0) is 33.6 Å². The molecular weight excluding hydrogens is 520 g/mol. The van der Waals surface area contributed by atoms with Crippen LogP contribution in [0.2, 0.25) is 0 Å². The molecule has 0 radical (unpaired) electrons. The maximum atomic E-state index is 10.6. The fourth-order valence-electron chi connectivity index (χ4n) is 3.06. The minimum atomic E-state index is -1.01. The average Bonchev–Trinajstić information content (AvgIpc) is 3.63. The van der Waals surface area contributed by atoms with Crippen LogP contribution < -0.4 is 17.2 Å². The minimum Gasteiger partial charge on any atom is -0.480 e. The van der Waals surface area contributed by atoms with Crippen LogP contribution in [0, 0.1) is 0 Å². The fourth-order valence-corrected chi connectivity index (χ4v) is 3.06. The molecule has 3 aromatic heterocycles. The highest BCUT2D eigenvalue weighted by molar-refractivity contribution is 5.85. The summed E-state index contributed by atoms with van der Waals surface area (Å²) in [4.78, 5) is 47.3. The lowest BCUT2D eigenvalue weighted by molar-refractivity contribution is -0.139. The van der Waals surface area contributed by atoms with Gasteiger partial charge in [0.05, 0.1) is 24.0 Å². The fraction of sp³-hybridized carbons (Fsp3) is 0.261. The monoisotopic (exact) mass is 550 g/mol. The molecule has 12 N–H and O–H groups in total. The molecule has 14 nitrogen and oxygen atoms in total. The van der Waals surface area contributed by atoms with Crippen LogP contribution in [-0.4, -0.2) is 76.3 Å². The molecule has 0 aliphatic heterocycles. The van der Waals surface area contributed by atoms with E-state index in [1.54, 1.807) is 12.4 Å². The number of halogens is 1. The molecule has 3 atom stereocenters. The summed E-state index contributed by atoms with van der Waals surface area (Å²) in [5.74, 6) is -2.98. The Hall–Kier alpha value is -4.24. The largest absolute Gasteiger partial charge is 0.480 e. The molecule has 38 heavy (non-hydrogen) atoms. The molecule has 0 unspecified atom stereocenters. The molecule has 4 aromatic rings. The first-order valence-electron chi connectivity index (χ1n) is 11.0. The van der Waals surface area contributed by atoms with Gasteiger partial charge in [0.25, 0.3) is 0 Å². The van der Waals surface area contributed by atoms with Crippen molar-refractivity contribution in [3.63, 3.8) is 0 Å². The standard InChI is InChI=1S/C11H12N2O2.2C6H9N3O2.ClH/c12-9(11(14)15)5-7-6-13-10-4-2-1-3-8(7)10;2*7-5(6(10)11)1-4-2-8-3-9-4;/h1-4,6,9,13H,5,12H2,(H,14,15);2*2-3,5H,1,7H2,(H,8,9)(H,10,11);1H/t9-;2*5-;/m000./s1. The predicted octanol–water partition coefficient (Wildman–Crippen LogP) is 0.272. The van der Waals surface area contributed by atoms with Gasteiger partial charge in [-0.2, -0.15) is 0 Å². The first-order valence-corrected chi connectivity index (χ1v) is 11.0. The summed E-state index contributed by atoms with van der Waals surface area (Å²) in [5, 5.41) is 26.6. The Balaban J connectivity index is 0.000000287. The second-order valence-corrected chi connectivity index (χ2v) is 7.93. The van der Waals surface area contributed by atoms with E-state index < -0.39 is 36.0 Å². The molecule has 0 aliphatic rings. The first kappa shape index (κ1) is 31.8. The van der Waals surface area contributed by atoms with Crippen LogP contribution in [0.1, 0.15) is 17.0 Å². The summed E-state index contributed by atoms with van der Waals surface area (Å²) in [6, 6.07) is 5.19. The van der Waals surface area contributed by atoms with Gasteiger partial charge in [-0.25, -0.2) is 9.97 Å². The number of hydrogen-bond donors (Lipinski definition) is 9. The van der Waals surface area contributed by atoms with Crippen LogP contribution >= 0.6 is 12.4 Å². The molecule has 0 saturated carbocycles. The van der Waals surface area contributed by atoms with Crippen LogP contribution in [0.3, 0.4) is 0 Å². The normalized spacial score (nSPS) is 12.5. The van der Waals surface area contributed by atoms with E-state index in [1.165, 1.54) is 12.7 Å². The molecule has 4 rings (SSSR count). The molecule has 1 aromatic carbocycles. The van der Waals surface area contributed by atoms with Crippen molar-refractivity contribution in [3.8, 4) is 0 Å². The maximum absolute atomic E-state index is 10.6. The number of imidazole rings is 2. The third-order valence-corrected chi connectivity index (χ3v) is 5.03. The number of carbonyl (C=O) groups is 3. The number of H-pyrrole nitrogens is 3.